The molecule has 1 aromatic rings. The molecular weight excluding hydrogens is 296 g/mol. The van der Waals surface area contributed by atoms with Gasteiger partial charge in [-0.05, 0) is 66.6 Å². The first-order valence-corrected chi connectivity index (χ1v) is 7.31. The van der Waals surface area contributed by atoms with Crippen LogP contribution in [0.15, 0.2) is 27.6 Å². The van der Waals surface area contributed by atoms with Gasteiger partial charge in [-0.1, -0.05) is 0 Å². The second kappa shape index (κ2) is 6.32. The molecule has 0 aromatic heterocycles. The fourth-order valence-corrected chi connectivity index (χ4v) is 3.00. The summed E-state index contributed by atoms with van der Waals surface area (Å²) in [5, 5.41) is 8.91. The average molecular weight is 313 g/mol. The Morgan fingerprint density at radius 1 is 1.47 bits per heavy atom. The predicted molar refractivity (Wildman–Crippen MR) is 77.9 cm³/mol. The summed E-state index contributed by atoms with van der Waals surface area (Å²) in [6.45, 7) is 3.97. The molecule has 0 aliphatic heterocycles. The monoisotopic (exact) mass is 312 g/mol. The van der Waals surface area contributed by atoms with Gasteiger partial charge in [0.2, 0.25) is 0 Å². The topological polar surface area (TPSA) is 49.8 Å². The largest absolute Gasteiger partial charge is 0.399 e. The molecule has 2 N–H and O–H groups in total. The molecule has 0 saturated carbocycles. The molecular formula is C13H17BrN2S. The molecule has 0 bridgehead atoms. The minimum atomic E-state index is -0.209. The van der Waals surface area contributed by atoms with E-state index in [9.17, 15) is 0 Å². The molecule has 0 spiro atoms. The third-order valence-corrected chi connectivity index (χ3v) is 4.54. The van der Waals surface area contributed by atoms with E-state index in [0.29, 0.717) is 0 Å². The molecule has 0 saturated heterocycles. The summed E-state index contributed by atoms with van der Waals surface area (Å²) >= 11 is 5.29. The molecule has 4 heteroatoms. The van der Waals surface area contributed by atoms with Crippen LogP contribution in [-0.4, -0.2) is 5.75 Å². The van der Waals surface area contributed by atoms with E-state index in [1.807, 2.05) is 32.0 Å². The van der Waals surface area contributed by atoms with Crippen LogP contribution < -0.4 is 5.73 Å². The number of halogens is 1. The Morgan fingerprint density at radius 2 is 2.18 bits per heavy atom. The lowest BCUT2D eigenvalue weighted by Gasteiger charge is -2.14. The van der Waals surface area contributed by atoms with Gasteiger partial charge in [-0.25, -0.2) is 0 Å². The van der Waals surface area contributed by atoms with E-state index in [4.69, 9.17) is 11.0 Å². The van der Waals surface area contributed by atoms with Gasteiger partial charge in [0.1, 0.15) is 0 Å². The molecule has 17 heavy (non-hydrogen) atoms. The van der Waals surface area contributed by atoms with Gasteiger partial charge in [0.25, 0.3) is 0 Å². The van der Waals surface area contributed by atoms with Gasteiger partial charge in [0.15, 0.2) is 0 Å². The molecule has 1 aromatic carbocycles. The first-order chi connectivity index (χ1) is 7.94. The predicted octanol–water partition coefficient (Wildman–Crippen LogP) is 4.45. The molecule has 0 heterocycles. The number of rotatable bonds is 5. The number of nitriles is 1. The summed E-state index contributed by atoms with van der Waals surface area (Å²) < 4.78 is 1.04. The second-order valence-corrected chi connectivity index (χ2v) is 6.63. The van der Waals surface area contributed by atoms with E-state index >= 15 is 0 Å². The van der Waals surface area contributed by atoms with Crippen LogP contribution in [0.1, 0.15) is 26.7 Å². The fourth-order valence-electron chi connectivity index (χ4n) is 1.39. The number of hydrogen-bond donors (Lipinski definition) is 1. The summed E-state index contributed by atoms with van der Waals surface area (Å²) in [7, 11) is 0. The van der Waals surface area contributed by atoms with Crippen molar-refractivity contribution in [3.63, 3.8) is 0 Å². The highest BCUT2D eigenvalue weighted by molar-refractivity contribution is 9.10. The van der Waals surface area contributed by atoms with Gasteiger partial charge in [-0.15, -0.1) is 11.8 Å². The van der Waals surface area contributed by atoms with Gasteiger partial charge in [0, 0.05) is 15.1 Å². The van der Waals surface area contributed by atoms with E-state index in [0.717, 1.165) is 28.8 Å². The van der Waals surface area contributed by atoms with E-state index in [-0.39, 0.29) is 5.41 Å². The van der Waals surface area contributed by atoms with Crippen molar-refractivity contribution < 1.29 is 0 Å². The number of anilines is 1. The highest BCUT2D eigenvalue weighted by atomic mass is 79.9. The Bertz CT molecular complexity index is 424. The van der Waals surface area contributed by atoms with E-state index in [2.05, 4.69) is 22.0 Å². The minimum Gasteiger partial charge on any atom is -0.399 e. The fraction of sp³-hybridized carbons (Fsp3) is 0.462. The van der Waals surface area contributed by atoms with Gasteiger partial charge in [-0.2, -0.15) is 5.26 Å². The van der Waals surface area contributed by atoms with Crippen molar-refractivity contribution in [2.24, 2.45) is 5.41 Å². The maximum absolute atomic E-state index is 8.91. The van der Waals surface area contributed by atoms with Crippen LogP contribution in [0.25, 0.3) is 0 Å². The SMILES string of the molecule is CC(C)(C#N)CCCSc1ccc(N)cc1Br. The lowest BCUT2D eigenvalue weighted by molar-refractivity contribution is 0.448. The minimum absolute atomic E-state index is 0.209. The van der Waals surface area contributed by atoms with Crippen LogP contribution in [0.5, 0.6) is 0 Å². The van der Waals surface area contributed by atoms with Crippen molar-refractivity contribution in [3.8, 4) is 6.07 Å². The van der Waals surface area contributed by atoms with Gasteiger partial charge in [-0.3, -0.25) is 0 Å². The third-order valence-electron chi connectivity index (χ3n) is 2.46. The number of benzene rings is 1. The van der Waals surface area contributed by atoms with E-state index in [1.165, 1.54) is 4.90 Å². The number of nitrogens with two attached hydrogens (primary N) is 1. The molecule has 0 aliphatic rings. The van der Waals surface area contributed by atoms with Gasteiger partial charge < -0.3 is 5.73 Å². The Morgan fingerprint density at radius 3 is 2.76 bits per heavy atom. The quantitative estimate of drug-likeness (QED) is 0.496. The third kappa shape index (κ3) is 5.01. The van der Waals surface area contributed by atoms with E-state index in [1.54, 1.807) is 11.8 Å². The van der Waals surface area contributed by atoms with E-state index < -0.39 is 0 Å². The average Bonchev–Trinajstić information content (AvgIpc) is 2.27. The Balaban J connectivity index is 2.39. The molecule has 0 amide bonds. The maximum atomic E-state index is 8.91. The number of hydrogen-bond acceptors (Lipinski definition) is 3. The van der Waals surface area contributed by atoms with Crippen molar-refractivity contribution in [2.45, 2.75) is 31.6 Å². The van der Waals surface area contributed by atoms with Crippen molar-refractivity contribution >= 4 is 33.4 Å². The first-order valence-electron chi connectivity index (χ1n) is 5.54. The summed E-state index contributed by atoms with van der Waals surface area (Å²) in [6.07, 6.45) is 1.98. The standard InChI is InChI=1S/C13H17BrN2S/c1-13(2,9-15)6-3-7-17-12-5-4-10(16)8-11(12)14/h4-5,8H,3,6-7,16H2,1-2H3. The highest BCUT2D eigenvalue weighted by Gasteiger charge is 2.15. The molecule has 1 rings (SSSR count). The zero-order chi connectivity index (χ0) is 12.9. The van der Waals surface area contributed by atoms with Gasteiger partial charge in [0.05, 0.1) is 11.5 Å². The molecule has 0 atom stereocenters. The van der Waals surface area contributed by atoms with Crippen LogP contribution in [-0.2, 0) is 0 Å². The molecule has 92 valence electrons. The highest BCUT2D eigenvalue weighted by Crippen LogP contribution is 2.31. The Kier molecular flexibility index (Phi) is 5.35. The summed E-state index contributed by atoms with van der Waals surface area (Å²) in [4.78, 5) is 1.20. The smallest absolute Gasteiger partial charge is 0.0683 e. The zero-order valence-electron chi connectivity index (χ0n) is 10.2. The molecule has 0 radical (unpaired) electrons. The van der Waals surface area contributed by atoms with Crippen LogP contribution in [0, 0.1) is 16.7 Å². The molecule has 2 nitrogen and oxygen atoms in total. The van der Waals surface area contributed by atoms with Crippen LogP contribution in [0.2, 0.25) is 0 Å². The summed E-state index contributed by atoms with van der Waals surface area (Å²) in [5.41, 5.74) is 6.24. The second-order valence-electron chi connectivity index (χ2n) is 4.64. The van der Waals surface area contributed by atoms with Crippen molar-refractivity contribution in [3.05, 3.63) is 22.7 Å². The number of thioether (sulfide) groups is 1. The van der Waals surface area contributed by atoms with Gasteiger partial charge >= 0.3 is 0 Å². The maximum Gasteiger partial charge on any atom is 0.0683 e. The van der Waals surface area contributed by atoms with Crippen LogP contribution in [0.4, 0.5) is 5.69 Å². The Hall–Kier alpha value is -0.660. The Labute approximate surface area is 116 Å². The summed E-state index contributed by atoms with van der Waals surface area (Å²) in [6, 6.07) is 8.18. The number of nitrogen functional groups attached to an aromatic ring is 1. The van der Waals surface area contributed by atoms with Crippen molar-refractivity contribution in [1.82, 2.24) is 0 Å². The molecule has 0 fully saturated rings. The van der Waals surface area contributed by atoms with Crippen LogP contribution >= 0.6 is 27.7 Å². The molecule has 0 unspecified atom stereocenters. The lowest BCUT2D eigenvalue weighted by atomic mass is 9.90. The van der Waals surface area contributed by atoms with Crippen molar-refractivity contribution in [1.29, 1.82) is 5.26 Å². The van der Waals surface area contributed by atoms with Crippen molar-refractivity contribution in [2.75, 3.05) is 11.5 Å². The van der Waals surface area contributed by atoms with Crippen LogP contribution in [0.3, 0.4) is 0 Å². The summed E-state index contributed by atoms with van der Waals surface area (Å²) in [5.74, 6) is 1.02. The normalized spacial score (nSPS) is 11.2. The zero-order valence-corrected chi connectivity index (χ0v) is 12.6. The number of nitrogens with zero attached hydrogens (tertiary/aromatic N) is 1. The first kappa shape index (κ1) is 14.4. The molecule has 0 aliphatic carbocycles. The lowest BCUT2D eigenvalue weighted by Crippen LogP contribution is -2.07.